The van der Waals surface area contributed by atoms with Crippen molar-refractivity contribution in [3.05, 3.63) is 16.1 Å². The second kappa shape index (κ2) is 4.20. The van der Waals surface area contributed by atoms with Gasteiger partial charge in [0.15, 0.2) is 0 Å². The molecule has 0 radical (unpaired) electrons. The van der Waals surface area contributed by atoms with Crippen LogP contribution in [0.2, 0.25) is 0 Å². The van der Waals surface area contributed by atoms with Crippen molar-refractivity contribution < 1.29 is 4.74 Å². The average Bonchev–Trinajstić information content (AvgIpc) is 2.82. The SMILES string of the molecule is c1nc(C2CC2)sc1CNC1CCOC1. The van der Waals surface area contributed by atoms with Crippen LogP contribution in [0.1, 0.15) is 35.1 Å². The van der Waals surface area contributed by atoms with Crippen LogP contribution in [-0.2, 0) is 11.3 Å². The summed E-state index contributed by atoms with van der Waals surface area (Å²) in [5.41, 5.74) is 0. The van der Waals surface area contributed by atoms with Gasteiger partial charge in [-0.1, -0.05) is 0 Å². The van der Waals surface area contributed by atoms with E-state index in [9.17, 15) is 0 Å². The molecule has 82 valence electrons. The summed E-state index contributed by atoms with van der Waals surface area (Å²) < 4.78 is 5.32. The van der Waals surface area contributed by atoms with Crippen LogP contribution < -0.4 is 5.32 Å². The molecule has 0 bridgehead atoms. The maximum atomic E-state index is 5.32. The number of thiazole rings is 1. The third kappa shape index (κ3) is 2.38. The van der Waals surface area contributed by atoms with Crippen molar-refractivity contribution in [2.45, 2.75) is 37.8 Å². The third-order valence-corrected chi connectivity index (χ3v) is 4.15. The van der Waals surface area contributed by atoms with E-state index in [1.165, 1.54) is 22.7 Å². The highest BCUT2D eigenvalue weighted by atomic mass is 32.1. The lowest BCUT2D eigenvalue weighted by Gasteiger charge is -2.07. The largest absolute Gasteiger partial charge is 0.380 e. The molecular formula is C11H16N2OS. The highest BCUT2D eigenvalue weighted by Gasteiger charge is 2.26. The summed E-state index contributed by atoms with van der Waals surface area (Å²) in [5, 5.41) is 4.86. The standard InChI is InChI=1S/C11H16N2OS/c1-2-8(1)11-13-6-10(15-11)5-12-9-3-4-14-7-9/h6,8-9,12H,1-5,7H2. The zero-order valence-electron chi connectivity index (χ0n) is 8.74. The fourth-order valence-corrected chi connectivity index (χ4v) is 2.90. The van der Waals surface area contributed by atoms with E-state index in [4.69, 9.17) is 4.74 Å². The Morgan fingerprint density at radius 3 is 3.13 bits per heavy atom. The van der Waals surface area contributed by atoms with Gasteiger partial charge in [0.2, 0.25) is 0 Å². The van der Waals surface area contributed by atoms with Gasteiger partial charge in [0.1, 0.15) is 0 Å². The Hall–Kier alpha value is -0.450. The molecule has 2 heterocycles. The van der Waals surface area contributed by atoms with E-state index < -0.39 is 0 Å². The first-order valence-corrected chi connectivity index (χ1v) is 6.49. The van der Waals surface area contributed by atoms with E-state index in [0.717, 1.165) is 32.1 Å². The molecule has 1 saturated heterocycles. The van der Waals surface area contributed by atoms with Gasteiger partial charge in [-0.2, -0.15) is 0 Å². The van der Waals surface area contributed by atoms with Crippen molar-refractivity contribution in [3.8, 4) is 0 Å². The molecule has 1 aromatic heterocycles. The Kier molecular flexibility index (Phi) is 2.73. The zero-order chi connectivity index (χ0) is 10.1. The van der Waals surface area contributed by atoms with E-state index >= 15 is 0 Å². The summed E-state index contributed by atoms with van der Waals surface area (Å²) >= 11 is 1.87. The molecule has 1 aliphatic carbocycles. The minimum Gasteiger partial charge on any atom is -0.380 e. The quantitative estimate of drug-likeness (QED) is 0.848. The molecule has 0 amide bonds. The molecular weight excluding hydrogens is 208 g/mol. The maximum Gasteiger partial charge on any atom is 0.0959 e. The molecule has 3 rings (SSSR count). The molecule has 3 nitrogen and oxygen atoms in total. The molecule has 1 aliphatic heterocycles. The van der Waals surface area contributed by atoms with E-state index in [2.05, 4.69) is 10.3 Å². The molecule has 15 heavy (non-hydrogen) atoms. The van der Waals surface area contributed by atoms with E-state index in [1.54, 1.807) is 0 Å². The molecule has 2 aliphatic rings. The Bertz CT molecular complexity index is 329. The first-order valence-electron chi connectivity index (χ1n) is 5.67. The van der Waals surface area contributed by atoms with Crippen molar-refractivity contribution in [3.63, 3.8) is 0 Å². The van der Waals surface area contributed by atoms with Gasteiger partial charge in [-0.15, -0.1) is 11.3 Å². The van der Waals surface area contributed by atoms with Gasteiger partial charge in [-0.25, -0.2) is 4.98 Å². The van der Waals surface area contributed by atoms with Gasteiger partial charge in [0.05, 0.1) is 11.6 Å². The highest BCUT2D eigenvalue weighted by molar-refractivity contribution is 7.11. The van der Waals surface area contributed by atoms with Crippen molar-refractivity contribution in [2.24, 2.45) is 0 Å². The summed E-state index contributed by atoms with van der Waals surface area (Å²) in [4.78, 5) is 5.84. The lowest BCUT2D eigenvalue weighted by atomic mass is 10.2. The Morgan fingerprint density at radius 1 is 1.47 bits per heavy atom. The van der Waals surface area contributed by atoms with Crippen LogP contribution in [0.5, 0.6) is 0 Å². The number of rotatable bonds is 4. The Morgan fingerprint density at radius 2 is 2.40 bits per heavy atom. The van der Waals surface area contributed by atoms with E-state index in [1.807, 2.05) is 17.5 Å². The van der Waals surface area contributed by atoms with Crippen LogP contribution >= 0.6 is 11.3 Å². The number of hydrogen-bond donors (Lipinski definition) is 1. The lowest BCUT2D eigenvalue weighted by molar-refractivity contribution is 0.190. The third-order valence-electron chi connectivity index (χ3n) is 2.99. The normalized spacial score (nSPS) is 26.0. The zero-order valence-corrected chi connectivity index (χ0v) is 9.55. The molecule has 1 aromatic rings. The average molecular weight is 224 g/mol. The number of nitrogens with one attached hydrogen (secondary N) is 1. The predicted molar refractivity (Wildman–Crippen MR) is 60.2 cm³/mol. The van der Waals surface area contributed by atoms with Gasteiger partial charge in [-0.05, 0) is 19.3 Å². The molecule has 4 heteroatoms. The number of nitrogens with zero attached hydrogens (tertiary/aromatic N) is 1. The minimum absolute atomic E-state index is 0.552. The van der Waals surface area contributed by atoms with Crippen LogP contribution in [-0.4, -0.2) is 24.2 Å². The first-order chi connectivity index (χ1) is 7.42. The van der Waals surface area contributed by atoms with Gasteiger partial charge in [-0.3, -0.25) is 0 Å². The summed E-state index contributed by atoms with van der Waals surface area (Å²) in [6.07, 6.45) is 5.86. The number of hydrogen-bond acceptors (Lipinski definition) is 4. The monoisotopic (exact) mass is 224 g/mol. The molecule has 0 spiro atoms. The van der Waals surface area contributed by atoms with Gasteiger partial charge >= 0.3 is 0 Å². The van der Waals surface area contributed by atoms with Gasteiger partial charge in [0, 0.05) is 36.2 Å². The van der Waals surface area contributed by atoms with Crippen molar-refractivity contribution >= 4 is 11.3 Å². The summed E-state index contributed by atoms with van der Waals surface area (Å²) in [5.74, 6) is 0.790. The van der Waals surface area contributed by atoms with Crippen LogP contribution in [0.15, 0.2) is 6.20 Å². The Labute approximate surface area is 93.9 Å². The van der Waals surface area contributed by atoms with Crippen molar-refractivity contribution in [1.82, 2.24) is 10.3 Å². The molecule has 1 unspecified atom stereocenters. The molecule has 0 aromatic carbocycles. The van der Waals surface area contributed by atoms with Gasteiger partial charge in [0.25, 0.3) is 0 Å². The summed E-state index contributed by atoms with van der Waals surface area (Å²) in [6, 6.07) is 0.552. The second-order valence-corrected chi connectivity index (χ2v) is 5.53. The molecule has 1 atom stereocenters. The Balaban J connectivity index is 1.52. The van der Waals surface area contributed by atoms with E-state index in [0.29, 0.717) is 6.04 Å². The van der Waals surface area contributed by atoms with Crippen LogP contribution in [0.3, 0.4) is 0 Å². The minimum atomic E-state index is 0.552. The molecule has 2 fully saturated rings. The topological polar surface area (TPSA) is 34.2 Å². The highest BCUT2D eigenvalue weighted by Crippen LogP contribution is 2.41. The fourth-order valence-electron chi connectivity index (χ4n) is 1.86. The van der Waals surface area contributed by atoms with E-state index in [-0.39, 0.29) is 0 Å². The van der Waals surface area contributed by atoms with Crippen LogP contribution in [0.25, 0.3) is 0 Å². The molecule has 1 saturated carbocycles. The summed E-state index contributed by atoms with van der Waals surface area (Å²) in [6.45, 7) is 2.74. The number of ether oxygens (including phenoxy) is 1. The molecule has 1 N–H and O–H groups in total. The first kappa shape index (κ1) is 9.75. The van der Waals surface area contributed by atoms with Crippen molar-refractivity contribution in [1.29, 1.82) is 0 Å². The van der Waals surface area contributed by atoms with Crippen LogP contribution in [0.4, 0.5) is 0 Å². The van der Waals surface area contributed by atoms with Gasteiger partial charge < -0.3 is 10.1 Å². The lowest BCUT2D eigenvalue weighted by Crippen LogP contribution is -2.28. The maximum absolute atomic E-state index is 5.32. The predicted octanol–water partition coefficient (Wildman–Crippen LogP) is 1.90. The van der Waals surface area contributed by atoms with Crippen molar-refractivity contribution in [2.75, 3.05) is 13.2 Å². The van der Waals surface area contributed by atoms with Crippen LogP contribution in [0, 0.1) is 0 Å². The summed E-state index contributed by atoms with van der Waals surface area (Å²) in [7, 11) is 0. The fraction of sp³-hybridized carbons (Fsp3) is 0.727. The second-order valence-electron chi connectivity index (χ2n) is 4.38. The number of aromatic nitrogens is 1. The smallest absolute Gasteiger partial charge is 0.0959 e.